The molecule has 134 valence electrons. The molecule has 1 amide bonds. The number of carbonyl (C=O) groups is 1. The first-order chi connectivity index (χ1) is 12.0. The summed E-state index contributed by atoms with van der Waals surface area (Å²) in [7, 11) is 4.56. The summed E-state index contributed by atoms with van der Waals surface area (Å²) < 4.78 is 21.4. The molecule has 2 aromatic rings. The smallest absolute Gasteiger partial charge is 0.262 e. The van der Waals surface area contributed by atoms with Gasteiger partial charge in [0.25, 0.3) is 5.91 Å². The molecule has 0 aliphatic carbocycles. The van der Waals surface area contributed by atoms with Crippen LogP contribution in [-0.4, -0.2) is 33.8 Å². The van der Waals surface area contributed by atoms with Crippen molar-refractivity contribution in [3.05, 3.63) is 41.5 Å². The lowest BCUT2D eigenvalue weighted by atomic mass is 10.1. The predicted octanol–water partition coefficient (Wildman–Crippen LogP) is 3.35. The zero-order valence-electron chi connectivity index (χ0n) is 15.1. The number of nitrogens with one attached hydrogen (secondary N) is 1. The fraction of sp³-hybridized carbons (Fsp3) is 0.316. The first kappa shape index (κ1) is 18.4. The van der Waals surface area contributed by atoms with E-state index in [1.807, 2.05) is 32.0 Å². The van der Waals surface area contributed by atoms with Gasteiger partial charge in [-0.15, -0.1) is 0 Å². The number of amides is 1. The third-order valence-corrected chi connectivity index (χ3v) is 3.64. The highest BCUT2D eigenvalue weighted by molar-refractivity contribution is 5.92. The minimum absolute atomic E-state index is 0.0967. The summed E-state index contributed by atoms with van der Waals surface area (Å²) in [4.78, 5) is 12.2. The topological polar surface area (TPSA) is 66.0 Å². The molecular formula is C19H23NO5. The van der Waals surface area contributed by atoms with Gasteiger partial charge in [-0.3, -0.25) is 4.79 Å². The summed E-state index contributed by atoms with van der Waals surface area (Å²) in [6, 6.07) is 9.13. The first-order valence-electron chi connectivity index (χ1n) is 7.78. The largest absolute Gasteiger partial charge is 0.493 e. The molecule has 0 spiro atoms. The summed E-state index contributed by atoms with van der Waals surface area (Å²) >= 11 is 0. The maximum Gasteiger partial charge on any atom is 0.262 e. The Morgan fingerprint density at radius 2 is 1.56 bits per heavy atom. The molecule has 2 aromatic carbocycles. The molecule has 1 N–H and O–H groups in total. The van der Waals surface area contributed by atoms with Crippen molar-refractivity contribution >= 4 is 11.6 Å². The number of benzene rings is 2. The van der Waals surface area contributed by atoms with Gasteiger partial charge < -0.3 is 24.3 Å². The number of methoxy groups -OCH3 is 3. The molecule has 0 aliphatic rings. The van der Waals surface area contributed by atoms with E-state index in [1.54, 1.807) is 12.1 Å². The number of aryl methyl sites for hydroxylation is 2. The number of rotatable bonds is 7. The molecule has 0 aromatic heterocycles. The predicted molar refractivity (Wildman–Crippen MR) is 96.1 cm³/mol. The average Bonchev–Trinajstić information content (AvgIpc) is 2.60. The van der Waals surface area contributed by atoms with Crippen molar-refractivity contribution in [3.8, 4) is 23.0 Å². The van der Waals surface area contributed by atoms with E-state index < -0.39 is 0 Å². The van der Waals surface area contributed by atoms with E-state index in [1.165, 1.54) is 21.3 Å². The van der Waals surface area contributed by atoms with E-state index >= 15 is 0 Å². The normalized spacial score (nSPS) is 10.1. The highest BCUT2D eigenvalue weighted by Gasteiger charge is 2.14. The molecule has 0 radical (unpaired) electrons. The van der Waals surface area contributed by atoms with Gasteiger partial charge in [-0.2, -0.15) is 0 Å². The van der Waals surface area contributed by atoms with Crippen LogP contribution in [0.3, 0.4) is 0 Å². The molecule has 2 rings (SSSR count). The average molecular weight is 345 g/mol. The van der Waals surface area contributed by atoms with E-state index in [2.05, 4.69) is 5.32 Å². The Hall–Kier alpha value is -2.89. The zero-order valence-corrected chi connectivity index (χ0v) is 15.1. The second-order valence-electron chi connectivity index (χ2n) is 5.52. The summed E-state index contributed by atoms with van der Waals surface area (Å²) in [5.74, 6) is 1.80. The van der Waals surface area contributed by atoms with Gasteiger partial charge in [0.05, 0.1) is 21.3 Å². The van der Waals surface area contributed by atoms with Crippen LogP contribution in [0.5, 0.6) is 23.0 Å². The van der Waals surface area contributed by atoms with Crippen molar-refractivity contribution in [3.63, 3.8) is 0 Å². The fourth-order valence-corrected chi connectivity index (χ4v) is 2.45. The maximum absolute atomic E-state index is 12.2. The van der Waals surface area contributed by atoms with E-state index in [0.717, 1.165) is 11.1 Å². The second kappa shape index (κ2) is 8.28. The molecule has 25 heavy (non-hydrogen) atoms. The summed E-state index contributed by atoms with van der Waals surface area (Å²) in [5.41, 5.74) is 2.66. The molecule has 6 heteroatoms. The summed E-state index contributed by atoms with van der Waals surface area (Å²) in [6.45, 7) is 3.86. The minimum atomic E-state index is -0.283. The Labute approximate surface area is 147 Å². The van der Waals surface area contributed by atoms with Gasteiger partial charge >= 0.3 is 0 Å². The molecule has 6 nitrogen and oxygen atoms in total. The summed E-state index contributed by atoms with van der Waals surface area (Å²) in [6.07, 6.45) is 0. The van der Waals surface area contributed by atoms with Gasteiger partial charge in [0.1, 0.15) is 5.75 Å². The van der Waals surface area contributed by atoms with E-state index in [4.69, 9.17) is 18.9 Å². The lowest BCUT2D eigenvalue weighted by molar-refractivity contribution is -0.118. The Bertz CT molecular complexity index is 732. The van der Waals surface area contributed by atoms with Crippen molar-refractivity contribution in [1.82, 2.24) is 0 Å². The van der Waals surface area contributed by atoms with Crippen LogP contribution in [-0.2, 0) is 4.79 Å². The van der Waals surface area contributed by atoms with Gasteiger partial charge in [0.15, 0.2) is 18.1 Å². The highest BCUT2D eigenvalue weighted by atomic mass is 16.5. The molecule has 0 saturated carbocycles. The lowest BCUT2D eigenvalue weighted by Crippen LogP contribution is -2.20. The van der Waals surface area contributed by atoms with Crippen molar-refractivity contribution in [2.75, 3.05) is 33.3 Å². The minimum Gasteiger partial charge on any atom is -0.493 e. The van der Waals surface area contributed by atoms with E-state index in [0.29, 0.717) is 28.7 Å². The van der Waals surface area contributed by atoms with Gasteiger partial charge in [-0.1, -0.05) is 17.7 Å². The van der Waals surface area contributed by atoms with Gasteiger partial charge in [-0.25, -0.2) is 0 Å². The highest BCUT2D eigenvalue weighted by Crippen LogP contribution is 2.39. The standard InChI is InChI=1S/C19H23NO5/c1-12-6-7-15(13(2)8-12)25-11-18(21)20-14-9-16(22-3)19(24-5)17(10-14)23-4/h6-10H,11H2,1-5H3,(H,20,21). The number of ether oxygens (including phenoxy) is 4. The van der Waals surface area contributed by atoms with Crippen molar-refractivity contribution < 1.29 is 23.7 Å². The first-order valence-corrected chi connectivity index (χ1v) is 7.78. The number of hydrogen-bond donors (Lipinski definition) is 1. The second-order valence-corrected chi connectivity index (χ2v) is 5.52. The molecule has 0 fully saturated rings. The molecule has 0 unspecified atom stereocenters. The SMILES string of the molecule is COc1cc(NC(=O)COc2ccc(C)cc2C)cc(OC)c1OC. The molecular weight excluding hydrogens is 322 g/mol. The maximum atomic E-state index is 12.2. The van der Waals surface area contributed by atoms with E-state index in [-0.39, 0.29) is 12.5 Å². The van der Waals surface area contributed by atoms with Crippen LogP contribution < -0.4 is 24.3 Å². The molecule has 0 saturated heterocycles. The van der Waals surface area contributed by atoms with Gasteiger partial charge in [0, 0.05) is 17.8 Å². The zero-order chi connectivity index (χ0) is 18.4. The van der Waals surface area contributed by atoms with Crippen molar-refractivity contribution in [2.45, 2.75) is 13.8 Å². The van der Waals surface area contributed by atoms with Crippen LogP contribution >= 0.6 is 0 Å². The quantitative estimate of drug-likeness (QED) is 0.834. The Balaban J connectivity index is 2.07. The lowest BCUT2D eigenvalue weighted by Gasteiger charge is -2.15. The molecule has 0 heterocycles. The van der Waals surface area contributed by atoms with Crippen LogP contribution in [0.2, 0.25) is 0 Å². The van der Waals surface area contributed by atoms with Gasteiger partial charge in [0.2, 0.25) is 5.75 Å². The number of carbonyl (C=O) groups excluding carboxylic acids is 1. The molecule has 0 atom stereocenters. The fourth-order valence-electron chi connectivity index (χ4n) is 2.45. The van der Waals surface area contributed by atoms with Crippen LogP contribution in [0, 0.1) is 13.8 Å². The van der Waals surface area contributed by atoms with Crippen LogP contribution in [0.4, 0.5) is 5.69 Å². The number of hydrogen-bond acceptors (Lipinski definition) is 5. The molecule has 0 aliphatic heterocycles. The van der Waals surface area contributed by atoms with Crippen LogP contribution in [0.25, 0.3) is 0 Å². The van der Waals surface area contributed by atoms with Crippen molar-refractivity contribution in [2.24, 2.45) is 0 Å². The Morgan fingerprint density at radius 1 is 0.920 bits per heavy atom. The molecule has 0 bridgehead atoms. The number of anilines is 1. The van der Waals surface area contributed by atoms with Gasteiger partial charge in [-0.05, 0) is 25.5 Å². The van der Waals surface area contributed by atoms with E-state index in [9.17, 15) is 4.79 Å². The third-order valence-electron chi connectivity index (χ3n) is 3.64. The van der Waals surface area contributed by atoms with Crippen molar-refractivity contribution in [1.29, 1.82) is 0 Å². The summed E-state index contributed by atoms with van der Waals surface area (Å²) in [5, 5.41) is 2.76. The monoisotopic (exact) mass is 345 g/mol. The third kappa shape index (κ3) is 4.56. The van der Waals surface area contributed by atoms with Crippen LogP contribution in [0.15, 0.2) is 30.3 Å². The Kier molecular flexibility index (Phi) is 6.11. The van der Waals surface area contributed by atoms with Crippen LogP contribution in [0.1, 0.15) is 11.1 Å². The Morgan fingerprint density at radius 3 is 2.08 bits per heavy atom.